The molecule has 0 unspecified atom stereocenters. The molecule has 0 spiro atoms. The van der Waals surface area contributed by atoms with Crippen molar-refractivity contribution < 1.29 is 14.6 Å². The molecule has 2 N–H and O–H groups in total. The number of phenolic OH excluding ortho intramolecular Hbond substituents is 1. The Morgan fingerprint density at radius 3 is 2.74 bits per heavy atom. The number of hydrogen-bond donors (Lipinski definition) is 2. The lowest BCUT2D eigenvalue weighted by Gasteiger charge is -2.15. The maximum Gasteiger partial charge on any atom is 0.262 e. The summed E-state index contributed by atoms with van der Waals surface area (Å²) in [7, 11) is 1.55. The zero-order chi connectivity index (χ0) is 19.6. The molecule has 1 amide bonds. The van der Waals surface area contributed by atoms with Crippen molar-refractivity contribution >= 4 is 16.8 Å². The van der Waals surface area contributed by atoms with E-state index in [1.807, 2.05) is 13.8 Å². The van der Waals surface area contributed by atoms with E-state index in [9.17, 15) is 14.7 Å². The van der Waals surface area contributed by atoms with Gasteiger partial charge in [0.2, 0.25) is 5.91 Å². The lowest BCUT2D eigenvalue weighted by molar-refractivity contribution is -0.122. The van der Waals surface area contributed by atoms with E-state index in [0.29, 0.717) is 22.7 Å². The average Bonchev–Trinajstić information content (AvgIpc) is 2.63. The Morgan fingerprint density at radius 2 is 2.04 bits per heavy atom. The number of ether oxygens (including phenoxy) is 1. The zero-order valence-corrected chi connectivity index (χ0v) is 15.4. The van der Waals surface area contributed by atoms with Crippen molar-refractivity contribution in [3.05, 3.63) is 52.8 Å². The minimum absolute atomic E-state index is 0.0336. The third-order valence-electron chi connectivity index (χ3n) is 4.02. The van der Waals surface area contributed by atoms with Gasteiger partial charge in [0.05, 0.1) is 18.0 Å². The lowest BCUT2D eigenvalue weighted by atomic mass is 10.1. The molecule has 0 aliphatic carbocycles. The number of carbonyl (C=O) groups excluding carboxylic acids is 1. The van der Waals surface area contributed by atoms with Crippen LogP contribution in [-0.2, 0) is 11.3 Å². The molecule has 0 aliphatic heterocycles. The van der Waals surface area contributed by atoms with Gasteiger partial charge in [-0.05, 0) is 44.2 Å². The number of aromatic hydroxyl groups is 1. The Balaban J connectivity index is 2.23. The van der Waals surface area contributed by atoms with E-state index < -0.39 is 5.56 Å². The van der Waals surface area contributed by atoms with Crippen LogP contribution in [0.4, 0.5) is 0 Å². The van der Waals surface area contributed by atoms with E-state index in [0.717, 1.165) is 0 Å². The van der Waals surface area contributed by atoms with E-state index in [4.69, 9.17) is 4.74 Å². The predicted octanol–water partition coefficient (Wildman–Crippen LogP) is 2.30. The van der Waals surface area contributed by atoms with Crippen LogP contribution in [0.3, 0.4) is 0 Å². The fraction of sp³-hybridized carbons (Fsp3) is 0.250. The molecule has 7 nitrogen and oxygen atoms in total. The van der Waals surface area contributed by atoms with Crippen molar-refractivity contribution in [2.75, 3.05) is 7.11 Å². The topological polar surface area (TPSA) is 93.4 Å². The molecule has 27 heavy (non-hydrogen) atoms. The summed E-state index contributed by atoms with van der Waals surface area (Å²) in [4.78, 5) is 29.9. The molecule has 140 valence electrons. The van der Waals surface area contributed by atoms with Crippen LogP contribution >= 0.6 is 0 Å². The normalized spacial score (nSPS) is 11.0. The fourth-order valence-electron chi connectivity index (χ4n) is 2.85. The van der Waals surface area contributed by atoms with E-state index in [1.54, 1.807) is 37.4 Å². The Labute approximate surface area is 156 Å². The number of nitrogens with one attached hydrogen (secondary N) is 1. The first-order chi connectivity index (χ1) is 12.9. The van der Waals surface area contributed by atoms with Gasteiger partial charge in [0.1, 0.15) is 23.9 Å². The summed E-state index contributed by atoms with van der Waals surface area (Å²) in [6.45, 7) is 3.52. The first-order valence-corrected chi connectivity index (χ1v) is 8.56. The number of aromatic nitrogens is 2. The molecule has 3 rings (SSSR count). The summed E-state index contributed by atoms with van der Waals surface area (Å²) in [5.74, 6) is 0.646. The minimum Gasteiger partial charge on any atom is -0.508 e. The van der Waals surface area contributed by atoms with Gasteiger partial charge in [-0.25, -0.2) is 4.98 Å². The molecule has 0 bridgehead atoms. The highest BCUT2D eigenvalue weighted by Gasteiger charge is 2.16. The summed E-state index contributed by atoms with van der Waals surface area (Å²) >= 11 is 0. The van der Waals surface area contributed by atoms with Crippen molar-refractivity contribution in [1.29, 1.82) is 0 Å². The first kappa shape index (κ1) is 18.4. The highest BCUT2D eigenvalue weighted by Crippen LogP contribution is 2.24. The van der Waals surface area contributed by atoms with Gasteiger partial charge in [0.15, 0.2) is 0 Å². The lowest BCUT2D eigenvalue weighted by Crippen LogP contribution is -2.37. The Kier molecular flexibility index (Phi) is 5.12. The highest BCUT2D eigenvalue weighted by molar-refractivity contribution is 5.83. The van der Waals surface area contributed by atoms with Gasteiger partial charge in [-0.1, -0.05) is 12.1 Å². The quantitative estimate of drug-likeness (QED) is 0.722. The molecule has 7 heteroatoms. The Morgan fingerprint density at radius 1 is 1.26 bits per heavy atom. The number of amides is 1. The molecule has 0 radical (unpaired) electrons. The van der Waals surface area contributed by atoms with Crippen LogP contribution in [0.15, 0.2) is 47.3 Å². The summed E-state index contributed by atoms with van der Waals surface area (Å²) in [6, 6.07) is 11.5. The molecular formula is C20H21N3O4. The van der Waals surface area contributed by atoms with Gasteiger partial charge in [-0.3, -0.25) is 14.2 Å². The van der Waals surface area contributed by atoms with Gasteiger partial charge < -0.3 is 15.2 Å². The third kappa shape index (κ3) is 3.92. The number of rotatable bonds is 5. The number of carbonyl (C=O) groups is 1. The third-order valence-corrected chi connectivity index (χ3v) is 4.02. The number of nitrogens with zero attached hydrogens (tertiary/aromatic N) is 2. The van der Waals surface area contributed by atoms with E-state index >= 15 is 0 Å². The molecule has 1 heterocycles. The van der Waals surface area contributed by atoms with Crippen molar-refractivity contribution in [3.63, 3.8) is 0 Å². The van der Waals surface area contributed by atoms with Crippen molar-refractivity contribution in [1.82, 2.24) is 14.9 Å². The molecule has 2 aromatic carbocycles. The largest absolute Gasteiger partial charge is 0.508 e. The number of fused-ring (bicyclic) bond motifs is 1. The summed E-state index contributed by atoms with van der Waals surface area (Å²) in [5, 5.41) is 12.8. The monoisotopic (exact) mass is 367 g/mol. The van der Waals surface area contributed by atoms with Crippen LogP contribution in [0, 0.1) is 0 Å². The van der Waals surface area contributed by atoms with Crippen molar-refractivity contribution in [2.45, 2.75) is 26.4 Å². The molecule has 0 aliphatic rings. The van der Waals surface area contributed by atoms with Crippen LogP contribution in [0.2, 0.25) is 0 Å². The number of benzene rings is 2. The zero-order valence-electron chi connectivity index (χ0n) is 15.4. The summed E-state index contributed by atoms with van der Waals surface area (Å²) in [6.07, 6.45) is 0. The minimum atomic E-state index is -0.396. The van der Waals surface area contributed by atoms with Gasteiger partial charge in [0.25, 0.3) is 5.56 Å². The van der Waals surface area contributed by atoms with E-state index in [2.05, 4.69) is 10.3 Å². The molecule has 0 fully saturated rings. The Bertz CT molecular complexity index is 1060. The molecule has 1 aromatic heterocycles. The molecule has 0 atom stereocenters. The molecule has 3 aromatic rings. The van der Waals surface area contributed by atoms with Crippen molar-refractivity contribution in [3.8, 4) is 22.9 Å². The second-order valence-corrected chi connectivity index (χ2v) is 6.48. The number of phenols is 1. The van der Waals surface area contributed by atoms with Crippen LogP contribution in [0.1, 0.15) is 13.8 Å². The van der Waals surface area contributed by atoms with Crippen LogP contribution in [0.5, 0.6) is 11.5 Å². The summed E-state index contributed by atoms with van der Waals surface area (Å²) < 4.78 is 6.57. The van der Waals surface area contributed by atoms with Crippen molar-refractivity contribution in [2.24, 2.45) is 0 Å². The molecular weight excluding hydrogens is 346 g/mol. The molecule has 0 saturated heterocycles. The maximum absolute atomic E-state index is 13.1. The van der Waals surface area contributed by atoms with Crippen LogP contribution < -0.4 is 15.6 Å². The smallest absolute Gasteiger partial charge is 0.262 e. The second-order valence-electron chi connectivity index (χ2n) is 6.48. The SMILES string of the molecule is COc1cccc(-c2nc3ccc(O)cc3c(=O)n2CC(=O)NC(C)C)c1. The summed E-state index contributed by atoms with van der Waals surface area (Å²) in [5.41, 5.74) is 0.697. The van der Waals surface area contributed by atoms with Crippen LogP contribution in [-0.4, -0.2) is 33.7 Å². The molecule has 0 saturated carbocycles. The highest BCUT2D eigenvalue weighted by atomic mass is 16.5. The number of hydrogen-bond acceptors (Lipinski definition) is 5. The second kappa shape index (κ2) is 7.49. The van der Waals surface area contributed by atoms with Gasteiger partial charge >= 0.3 is 0 Å². The van der Waals surface area contributed by atoms with Gasteiger partial charge in [0, 0.05) is 11.6 Å². The fourth-order valence-corrected chi connectivity index (χ4v) is 2.85. The predicted molar refractivity (Wildman–Crippen MR) is 103 cm³/mol. The van der Waals surface area contributed by atoms with Gasteiger partial charge in [-0.2, -0.15) is 0 Å². The Hall–Kier alpha value is -3.35. The first-order valence-electron chi connectivity index (χ1n) is 8.56. The van der Waals surface area contributed by atoms with Gasteiger partial charge in [-0.15, -0.1) is 0 Å². The van der Waals surface area contributed by atoms with E-state index in [1.165, 1.54) is 16.7 Å². The van der Waals surface area contributed by atoms with Crippen LogP contribution in [0.25, 0.3) is 22.3 Å². The standard InChI is InChI=1S/C20H21N3O4/c1-12(2)21-18(25)11-23-19(13-5-4-6-15(9-13)27-3)22-17-8-7-14(24)10-16(17)20(23)26/h4-10,12,24H,11H2,1-3H3,(H,21,25). The van der Waals surface area contributed by atoms with E-state index in [-0.39, 0.29) is 29.6 Å². The number of methoxy groups -OCH3 is 1. The maximum atomic E-state index is 13.1. The average molecular weight is 367 g/mol.